The molecule has 1 saturated carbocycles. The van der Waals surface area contributed by atoms with E-state index in [0.29, 0.717) is 50.3 Å². The molecule has 1 aliphatic carbocycles. The second-order valence-corrected chi connectivity index (χ2v) is 6.54. The Morgan fingerprint density at radius 1 is 1.08 bits per heavy atom. The van der Waals surface area contributed by atoms with Gasteiger partial charge in [0.1, 0.15) is 5.41 Å². The summed E-state index contributed by atoms with van der Waals surface area (Å²) in [4.78, 5) is 50.9. The molecule has 1 saturated heterocycles. The van der Waals surface area contributed by atoms with Crippen molar-refractivity contribution in [2.75, 3.05) is 38.6 Å². The summed E-state index contributed by atoms with van der Waals surface area (Å²) in [6.45, 7) is 1.87. The van der Waals surface area contributed by atoms with E-state index in [1.807, 2.05) is 0 Å². The number of nitrogens with one attached hydrogen (secondary N) is 1. The number of amides is 3. The van der Waals surface area contributed by atoms with E-state index in [2.05, 4.69) is 10.1 Å². The highest BCUT2D eigenvalue weighted by Crippen LogP contribution is 2.48. The number of ether oxygens (including phenoxy) is 1. The monoisotopic (exact) mass is 359 g/mol. The van der Waals surface area contributed by atoms with Gasteiger partial charge in [0.15, 0.2) is 0 Å². The van der Waals surface area contributed by atoms with Crippen molar-refractivity contribution in [3.8, 4) is 0 Å². The van der Waals surface area contributed by atoms with E-state index in [-0.39, 0.29) is 11.8 Å². The van der Waals surface area contributed by atoms with Crippen LogP contribution in [0.25, 0.3) is 0 Å². The highest BCUT2D eigenvalue weighted by molar-refractivity contribution is 6.13. The van der Waals surface area contributed by atoms with Gasteiger partial charge in [0.25, 0.3) is 0 Å². The Kier molecular flexibility index (Phi) is 4.92. The molecule has 0 unspecified atom stereocenters. The van der Waals surface area contributed by atoms with Crippen LogP contribution in [-0.4, -0.2) is 67.3 Å². The molecule has 8 heteroatoms. The number of rotatable bonds is 5. The normalized spacial score (nSPS) is 18.0. The summed E-state index contributed by atoms with van der Waals surface area (Å²) in [6.07, 6.45) is 1.82. The minimum absolute atomic E-state index is 0.174. The standard InChI is InChI=1S/C18H21N3O5/c1-26-15(23)13-2-4-14(5-3-13)19-16(24)18(6-7-18)17(25)21-10-8-20(12-22)9-11-21/h2-5,12H,6-11H2,1H3,(H,19,24). The first-order valence-electron chi connectivity index (χ1n) is 8.49. The fraction of sp³-hybridized carbons (Fsp3) is 0.444. The number of piperazine rings is 1. The van der Waals surface area contributed by atoms with Gasteiger partial charge in [-0.15, -0.1) is 0 Å². The number of benzene rings is 1. The summed E-state index contributed by atoms with van der Waals surface area (Å²) in [6, 6.07) is 6.32. The third-order valence-corrected chi connectivity index (χ3v) is 4.91. The molecule has 8 nitrogen and oxygen atoms in total. The third kappa shape index (κ3) is 3.40. The van der Waals surface area contributed by atoms with Crippen LogP contribution in [0, 0.1) is 5.41 Å². The summed E-state index contributed by atoms with van der Waals surface area (Å²) < 4.78 is 4.63. The van der Waals surface area contributed by atoms with E-state index >= 15 is 0 Å². The van der Waals surface area contributed by atoms with Crippen LogP contribution >= 0.6 is 0 Å². The largest absolute Gasteiger partial charge is 0.465 e. The van der Waals surface area contributed by atoms with Crippen LogP contribution in [0.2, 0.25) is 0 Å². The van der Waals surface area contributed by atoms with Gasteiger partial charge in [-0.2, -0.15) is 0 Å². The summed E-state index contributed by atoms with van der Waals surface area (Å²) in [5.41, 5.74) is -0.104. The molecule has 1 N–H and O–H groups in total. The lowest BCUT2D eigenvalue weighted by Crippen LogP contribution is -2.52. The third-order valence-electron chi connectivity index (χ3n) is 4.91. The molecule has 138 valence electrons. The Balaban J connectivity index is 1.63. The smallest absolute Gasteiger partial charge is 0.337 e. The Labute approximate surface area is 151 Å². The number of methoxy groups -OCH3 is 1. The average Bonchev–Trinajstić information content (AvgIpc) is 3.49. The van der Waals surface area contributed by atoms with E-state index in [0.717, 1.165) is 6.41 Å². The lowest BCUT2D eigenvalue weighted by molar-refractivity contribution is -0.144. The predicted molar refractivity (Wildman–Crippen MR) is 92.3 cm³/mol. The minimum Gasteiger partial charge on any atom is -0.465 e. The maximum atomic E-state index is 12.8. The lowest BCUT2D eigenvalue weighted by Gasteiger charge is -2.34. The van der Waals surface area contributed by atoms with Gasteiger partial charge in [0, 0.05) is 31.9 Å². The first-order valence-corrected chi connectivity index (χ1v) is 8.49. The molecule has 1 heterocycles. The Bertz CT molecular complexity index is 719. The Morgan fingerprint density at radius 3 is 2.19 bits per heavy atom. The number of esters is 1. The fourth-order valence-electron chi connectivity index (χ4n) is 3.05. The van der Waals surface area contributed by atoms with Crippen LogP contribution in [0.3, 0.4) is 0 Å². The van der Waals surface area contributed by atoms with Crippen molar-refractivity contribution in [3.63, 3.8) is 0 Å². The van der Waals surface area contributed by atoms with Crippen molar-refractivity contribution in [3.05, 3.63) is 29.8 Å². The van der Waals surface area contributed by atoms with Crippen LogP contribution in [0.15, 0.2) is 24.3 Å². The molecule has 1 aromatic rings. The molecule has 0 spiro atoms. The molecular formula is C18H21N3O5. The van der Waals surface area contributed by atoms with Crippen molar-refractivity contribution < 1.29 is 23.9 Å². The van der Waals surface area contributed by atoms with E-state index in [9.17, 15) is 19.2 Å². The highest BCUT2D eigenvalue weighted by atomic mass is 16.5. The van der Waals surface area contributed by atoms with E-state index in [4.69, 9.17) is 0 Å². The quantitative estimate of drug-likeness (QED) is 0.469. The second kappa shape index (κ2) is 7.15. The van der Waals surface area contributed by atoms with Crippen molar-refractivity contribution in [2.45, 2.75) is 12.8 Å². The number of hydrogen-bond donors (Lipinski definition) is 1. The molecule has 0 atom stereocenters. The van der Waals surface area contributed by atoms with Crippen LogP contribution < -0.4 is 5.32 Å². The molecule has 0 bridgehead atoms. The first kappa shape index (κ1) is 17.9. The van der Waals surface area contributed by atoms with Gasteiger partial charge in [-0.3, -0.25) is 14.4 Å². The van der Waals surface area contributed by atoms with Gasteiger partial charge in [0.2, 0.25) is 18.2 Å². The molecule has 2 fully saturated rings. The molecule has 2 aliphatic rings. The van der Waals surface area contributed by atoms with Gasteiger partial charge in [-0.1, -0.05) is 0 Å². The second-order valence-electron chi connectivity index (χ2n) is 6.54. The van der Waals surface area contributed by atoms with Crippen molar-refractivity contribution in [1.82, 2.24) is 9.80 Å². The summed E-state index contributed by atoms with van der Waals surface area (Å²) in [5, 5.41) is 2.76. The summed E-state index contributed by atoms with van der Waals surface area (Å²) in [5.74, 6) is -0.955. The number of carbonyl (C=O) groups excluding carboxylic acids is 4. The van der Waals surface area contributed by atoms with Gasteiger partial charge < -0.3 is 19.9 Å². The van der Waals surface area contributed by atoms with Crippen LogP contribution in [0.1, 0.15) is 23.2 Å². The maximum Gasteiger partial charge on any atom is 0.337 e. The van der Waals surface area contributed by atoms with Crippen LogP contribution in [0.5, 0.6) is 0 Å². The number of carbonyl (C=O) groups is 4. The van der Waals surface area contributed by atoms with Crippen LogP contribution in [-0.2, 0) is 19.1 Å². The molecule has 0 aromatic heterocycles. The van der Waals surface area contributed by atoms with Gasteiger partial charge in [0.05, 0.1) is 12.7 Å². The molecule has 3 amide bonds. The van der Waals surface area contributed by atoms with E-state index in [1.54, 1.807) is 34.1 Å². The van der Waals surface area contributed by atoms with Crippen molar-refractivity contribution in [2.24, 2.45) is 5.41 Å². The van der Waals surface area contributed by atoms with Gasteiger partial charge in [-0.25, -0.2) is 4.79 Å². The number of nitrogens with zero attached hydrogens (tertiary/aromatic N) is 2. The SMILES string of the molecule is COC(=O)c1ccc(NC(=O)C2(C(=O)N3CCN(C=O)CC3)CC2)cc1. The minimum atomic E-state index is -1.01. The Morgan fingerprint density at radius 2 is 1.69 bits per heavy atom. The molecule has 0 radical (unpaired) electrons. The zero-order chi connectivity index (χ0) is 18.7. The molecular weight excluding hydrogens is 338 g/mol. The molecule has 26 heavy (non-hydrogen) atoms. The van der Waals surface area contributed by atoms with E-state index in [1.165, 1.54) is 7.11 Å². The van der Waals surface area contributed by atoms with Gasteiger partial charge in [-0.05, 0) is 37.1 Å². The van der Waals surface area contributed by atoms with Gasteiger partial charge >= 0.3 is 5.97 Å². The van der Waals surface area contributed by atoms with Crippen molar-refractivity contribution >= 4 is 29.9 Å². The number of hydrogen-bond acceptors (Lipinski definition) is 5. The van der Waals surface area contributed by atoms with Crippen molar-refractivity contribution in [1.29, 1.82) is 0 Å². The van der Waals surface area contributed by atoms with E-state index < -0.39 is 11.4 Å². The summed E-state index contributed by atoms with van der Waals surface area (Å²) >= 11 is 0. The average molecular weight is 359 g/mol. The topological polar surface area (TPSA) is 96.0 Å². The number of anilines is 1. The maximum absolute atomic E-state index is 12.8. The lowest BCUT2D eigenvalue weighted by atomic mass is 10.0. The highest BCUT2D eigenvalue weighted by Gasteiger charge is 2.58. The summed E-state index contributed by atoms with van der Waals surface area (Å²) in [7, 11) is 1.30. The zero-order valence-electron chi connectivity index (χ0n) is 14.6. The fourth-order valence-corrected chi connectivity index (χ4v) is 3.05. The first-order chi connectivity index (χ1) is 12.5. The Hall–Kier alpha value is -2.90. The predicted octanol–water partition coefficient (Wildman–Crippen LogP) is 0.492. The molecule has 1 aromatic carbocycles. The molecule has 1 aliphatic heterocycles. The zero-order valence-corrected chi connectivity index (χ0v) is 14.6. The van der Waals surface area contributed by atoms with Crippen LogP contribution in [0.4, 0.5) is 5.69 Å². The molecule has 3 rings (SSSR count).